The van der Waals surface area contributed by atoms with E-state index in [1.165, 1.54) is 7.11 Å². The van der Waals surface area contributed by atoms with E-state index in [0.29, 0.717) is 12.2 Å². The fourth-order valence-electron chi connectivity index (χ4n) is 1.71. The first-order valence-corrected chi connectivity index (χ1v) is 7.15. The highest BCUT2D eigenvalue weighted by Gasteiger charge is 2.22. The normalized spacial score (nSPS) is 12.4. The number of methoxy groups -OCH3 is 1. The molecule has 0 aliphatic rings. The van der Waals surface area contributed by atoms with Gasteiger partial charge in [0.1, 0.15) is 11.7 Å². The largest absolute Gasteiger partial charge is 0.468 e. The molecular formula is C12H13BrN2O2S. The molecule has 6 heteroatoms. The Bertz CT molecular complexity index is 550. The summed E-state index contributed by atoms with van der Waals surface area (Å²) in [5.41, 5.74) is 0.919. The molecule has 18 heavy (non-hydrogen) atoms. The van der Waals surface area contributed by atoms with E-state index in [-0.39, 0.29) is 11.9 Å². The van der Waals surface area contributed by atoms with Gasteiger partial charge in [-0.2, -0.15) is 0 Å². The number of carbonyl (C=O) groups excluding carboxylic acids is 1. The van der Waals surface area contributed by atoms with Crippen LogP contribution in [0.3, 0.4) is 0 Å². The lowest BCUT2D eigenvalue weighted by molar-refractivity contribution is -0.142. The van der Waals surface area contributed by atoms with Gasteiger partial charge in [-0.15, -0.1) is 11.3 Å². The number of nitrogens with one attached hydrogen (secondary N) is 1. The van der Waals surface area contributed by atoms with Gasteiger partial charge in [0, 0.05) is 0 Å². The Morgan fingerprint density at radius 3 is 2.94 bits per heavy atom. The van der Waals surface area contributed by atoms with Crippen LogP contribution in [-0.4, -0.2) is 23.0 Å². The number of hydrogen-bond acceptors (Lipinski definition) is 4. The van der Waals surface area contributed by atoms with Crippen molar-refractivity contribution < 1.29 is 9.53 Å². The summed E-state index contributed by atoms with van der Waals surface area (Å²) in [5, 5.41) is 0. The van der Waals surface area contributed by atoms with Gasteiger partial charge >= 0.3 is 5.97 Å². The molecule has 0 spiro atoms. The van der Waals surface area contributed by atoms with E-state index < -0.39 is 0 Å². The molecule has 0 aromatic carbocycles. The molecule has 2 rings (SSSR count). The minimum absolute atomic E-state index is 0.259. The Morgan fingerprint density at radius 1 is 1.61 bits per heavy atom. The number of halogens is 1. The number of nitrogens with zero attached hydrogens (tertiary/aromatic N) is 1. The third-order valence-electron chi connectivity index (χ3n) is 2.66. The Hall–Kier alpha value is -1.14. The fraction of sp³-hybridized carbons (Fsp3) is 0.333. The van der Waals surface area contributed by atoms with Crippen molar-refractivity contribution >= 4 is 33.2 Å². The molecule has 0 amide bonds. The smallest absolute Gasteiger partial charge is 0.316 e. The maximum atomic E-state index is 11.6. The number of aromatic amines is 1. The zero-order valence-electron chi connectivity index (χ0n) is 10.1. The summed E-state index contributed by atoms with van der Waals surface area (Å²) in [6, 6.07) is 3.99. The topological polar surface area (TPSA) is 55.0 Å². The SMILES string of the molecule is CCC(C(=O)OC)c1ncc(-c2ccc(Br)s2)[nH]1. The minimum Gasteiger partial charge on any atom is -0.468 e. The summed E-state index contributed by atoms with van der Waals surface area (Å²) >= 11 is 5.04. The van der Waals surface area contributed by atoms with Gasteiger partial charge in [0.15, 0.2) is 0 Å². The van der Waals surface area contributed by atoms with Gasteiger partial charge in [0.2, 0.25) is 0 Å². The molecular weight excluding hydrogens is 316 g/mol. The van der Waals surface area contributed by atoms with E-state index in [1.807, 2.05) is 19.1 Å². The van der Waals surface area contributed by atoms with Crippen molar-refractivity contribution in [3.63, 3.8) is 0 Å². The molecule has 1 atom stereocenters. The van der Waals surface area contributed by atoms with Crippen molar-refractivity contribution in [3.05, 3.63) is 27.9 Å². The highest BCUT2D eigenvalue weighted by Crippen LogP contribution is 2.31. The predicted octanol–water partition coefficient (Wildman–Crippen LogP) is 3.57. The van der Waals surface area contributed by atoms with E-state index in [2.05, 4.69) is 25.9 Å². The number of thiophene rings is 1. The van der Waals surface area contributed by atoms with Crippen LogP contribution < -0.4 is 0 Å². The van der Waals surface area contributed by atoms with Gasteiger partial charge in [0.25, 0.3) is 0 Å². The summed E-state index contributed by atoms with van der Waals surface area (Å²) in [4.78, 5) is 20.2. The minimum atomic E-state index is -0.327. The van der Waals surface area contributed by atoms with Crippen LogP contribution in [-0.2, 0) is 9.53 Å². The maximum absolute atomic E-state index is 11.6. The number of hydrogen-bond donors (Lipinski definition) is 1. The molecule has 0 bridgehead atoms. The summed E-state index contributed by atoms with van der Waals surface area (Å²) in [6.07, 6.45) is 2.41. The molecule has 0 aliphatic carbocycles. The van der Waals surface area contributed by atoms with E-state index in [1.54, 1.807) is 17.5 Å². The van der Waals surface area contributed by atoms with Gasteiger partial charge in [0.05, 0.1) is 27.7 Å². The van der Waals surface area contributed by atoms with Crippen molar-refractivity contribution in [2.24, 2.45) is 0 Å². The maximum Gasteiger partial charge on any atom is 0.316 e. The van der Waals surface area contributed by atoms with Crippen molar-refractivity contribution in [3.8, 4) is 10.6 Å². The zero-order valence-corrected chi connectivity index (χ0v) is 12.5. The first-order valence-electron chi connectivity index (χ1n) is 5.54. The molecule has 2 heterocycles. The molecule has 96 valence electrons. The molecule has 0 saturated heterocycles. The number of aromatic nitrogens is 2. The van der Waals surface area contributed by atoms with Crippen LogP contribution in [0.1, 0.15) is 25.1 Å². The van der Waals surface area contributed by atoms with E-state index in [9.17, 15) is 4.79 Å². The van der Waals surface area contributed by atoms with Crippen molar-refractivity contribution in [2.45, 2.75) is 19.3 Å². The van der Waals surface area contributed by atoms with Crippen LogP contribution in [0.2, 0.25) is 0 Å². The summed E-state index contributed by atoms with van der Waals surface area (Å²) < 4.78 is 5.84. The third kappa shape index (κ3) is 2.64. The van der Waals surface area contributed by atoms with Crippen LogP contribution in [0.5, 0.6) is 0 Å². The van der Waals surface area contributed by atoms with Gasteiger partial charge in [-0.05, 0) is 34.5 Å². The molecule has 0 aliphatic heterocycles. The lowest BCUT2D eigenvalue weighted by Gasteiger charge is -2.08. The van der Waals surface area contributed by atoms with Crippen molar-refractivity contribution in [1.29, 1.82) is 0 Å². The number of esters is 1. The van der Waals surface area contributed by atoms with Crippen LogP contribution in [0, 0.1) is 0 Å². The Kier molecular flexibility index (Phi) is 4.19. The Labute approximate surface area is 118 Å². The van der Waals surface area contributed by atoms with Gasteiger partial charge in [-0.1, -0.05) is 6.92 Å². The monoisotopic (exact) mass is 328 g/mol. The number of rotatable bonds is 4. The van der Waals surface area contributed by atoms with Crippen LogP contribution in [0.25, 0.3) is 10.6 Å². The molecule has 2 aromatic rings. The van der Waals surface area contributed by atoms with Gasteiger partial charge in [-0.25, -0.2) is 4.98 Å². The van der Waals surface area contributed by atoms with Gasteiger partial charge in [-0.3, -0.25) is 4.79 Å². The second-order valence-corrected chi connectivity index (χ2v) is 6.23. The molecule has 1 N–H and O–H groups in total. The summed E-state index contributed by atoms with van der Waals surface area (Å²) in [5.74, 6) is 0.0711. The number of carbonyl (C=O) groups is 1. The van der Waals surface area contributed by atoms with Crippen molar-refractivity contribution in [2.75, 3.05) is 7.11 Å². The van der Waals surface area contributed by atoms with Crippen LogP contribution in [0.15, 0.2) is 22.1 Å². The predicted molar refractivity (Wildman–Crippen MR) is 74.6 cm³/mol. The zero-order chi connectivity index (χ0) is 13.1. The molecule has 4 nitrogen and oxygen atoms in total. The Balaban J connectivity index is 2.27. The second kappa shape index (κ2) is 5.67. The van der Waals surface area contributed by atoms with Gasteiger partial charge < -0.3 is 9.72 Å². The quantitative estimate of drug-likeness (QED) is 0.873. The molecule has 0 radical (unpaired) electrons. The lowest BCUT2D eigenvalue weighted by Crippen LogP contribution is -2.14. The molecule has 0 fully saturated rings. The first-order chi connectivity index (χ1) is 8.65. The van der Waals surface area contributed by atoms with E-state index in [0.717, 1.165) is 14.4 Å². The molecule has 2 aromatic heterocycles. The second-order valence-electron chi connectivity index (χ2n) is 3.77. The lowest BCUT2D eigenvalue weighted by atomic mass is 10.1. The highest BCUT2D eigenvalue weighted by molar-refractivity contribution is 9.11. The van der Waals surface area contributed by atoms with E-state index >= 15 is 0 Å². The van der Waals surface area contributed by atoms with Crippen LogP contribution in [0.4, 0.5) is 0 Å². The average molecular weight is 329 g/mol. The summed E-state index contributed by atoms with van der Waals surface area (Å²) in [7, 11) is 1.39. The van der Waals surface area contributed by atoms with Crippen molar-refractivity contribution in [1.82, 2.24) is 9.97 Å². The standard InChI is InChI=1S/C12H13BrN2O2S/c1-3-7(12(16)17-2)11-14-6-8(15-11)9-4-5-10(13)18-9/h4-7H,3H2,1-2H3,(H,14,15). The Morgan fingerprint density at radius 2 is 2.39 bits per heavy atom. The fourth-order valence-corrected chi connectivity index (χ4v) is 3.06. The number of imidazole rings is 1. The molecule has 0 saturated carbocycles. The van der Waals surface area contributed by atoms with E-state index in [4.69, 9.17) is 4.74 Å². The number of ether oxygens (including phenoxy) is 1. The van der Waals surface area contributed by atoms with Crippen LogP contribution >= 0.6 is 27.3 Å². The highest BCUT2D eigenvalue weighted by atomic mass is 79.9. The average Bonchev–Trinajstić information content (AvgIpc) is 2.98. The first kappa shape index (κ1) is 13.3. The third-order valence-corrected chi connectivity index (χ3v) is 4.32. The number of H-pyrrole nitrogens is 1. The molecule has 1 unspecified atom stereocenters. The summed E-state index contributed by atoms with van der Waals surface area (Å²) in [6.45, 7) is 1.94.